The SMILES string of the molecule is NS(=O)(=O)N1CC(CNc2cc(C(F)(F)F)nc3ccc(Cl)cc23)(c2ccc(Cl)cc2)C1. The minimum Gasteiger partial charge on any atom is -0.383 e. The highest BCUT2D eigenvalue weighted by molar-refractivity contribution is 7.86. The maximum Gasteiger partial charge on any atom is 0.433 e. The van der Waals surface area contributed by atoms with Crippen molar-refractivity contribution in [2.24, 2.45) is 5.14 Å². The molecule has 0 unspecified atom stereocenters. The summed E-state index contributed by atoms with van der Waals surface area (Å²) in [5.74, 6) is 0. The molecule has 2 aromatic carbocycles. The molecule has 1 fully saturated rings. The minimum absolute atomic E-state index is 0.0658. The quantitative estimate of drug-likeness (QED) is 0.537. The van der Waals surface area contributed by atoms with Crippen LogP contribution in [0.5, 0.6) is 0 Å². The summed E-state index contributed by atoms with van der Waals surface area (Å²) >= 11 is 12.0. The third-order valence-corrected chi connectivity index (χ3v) is 6.92. The Labute approximate surface area is 192 Å². The molecule has 0 radical (unpaired) electrons. The topological polar surface area (TPSA) is 88.3 Å². The number of anilines is 1. The van der Waals surface area contributed by atoms with Gasteiger partial charge < -0.3 is 5.32 Å². The summed E-state index contributed by atoms with van der Waals surface area (Å²) in [6.45, 7) is 0.274. The number of halogens is 5. The Bertz CT molecular complexity index is 1280. The van der Waals surface area contributed by atoms with Gasteiger partial charge in [0.2, 0.25) is 0 Å². The number of aromatic nitrogens is 1. The zero-order valence-electron chi connectivity index (χ0n) is 16.3. The molecular formula is C20H17Cl2F3N4O2S. The van der Waals surface area contributed by atoms with E-state index in [-0.39, 0.29) is 30.8 Å². The number of nitrogens with one attached hydrogen (secondary N) is 1. The lowest BCUT2D eigenvalue weighted by atomic mass is 9.75. The van der Waals surface area contributed by atoms with E-state index in [1.54, 1.807) is 24.3 Å². The number of fused-ring (bicyclic) bond motifs is 1. The standard InChI is InChI=1S/C20H17Cl2F3N4O2S/c21-13-3-1-12(2-4-13)19(10-29(11-19)32(26,30)31)9-27-17-8-18(20(23,24)25)28-16-6-5-14(22)7-15(16)17/h1-8H,9-11H2,(H,27,28)(H2,26,30,31). The van der Waals surface area contributed by atoms with Crippen molar-refractivity contribution in [1.82, 2.24) is 9.29 Å². The van der Waals surface area contributed by atoms with Crippen LogP contribution in [0.4, 0.5) is 18.9 Å². The van der Waals surface area contributed by atoms with Crippen molar-refractivity contribution >= 4 is 50.0 Å². The Hall–Kier alpha value is -2.11. The molecular weight excluding hydrogens is 488 g/mol. The molecule has 3 aromatic rings. The molecule has 6 nitrogen and oxygen atoms in total. The van der Waals surface area contributed by atoms with E-state index in [0.29, 0.717) is 15.4 Å². The van der Waals surface area contributed by atoms with Crippen molar-refractivity contribution in [3.8, 4) is 0 Å². The number of pyridine rings is 1. The van der Waals surface area contributed by atoms with Gasteiger partial charge in [0.15, 0.2) is 0 Å². The average Bonchev–Trinajstić information content (AvgIpc) is 2.66. The smallest absolute Gasteiger partial charge is 0.383 e. The molecule has 4 rings (SSSR count). The van der Waals surface area contributed by atoms with Gasteiger partial charge in [-0.05, 0) is 42.0 Å². The van der Waals surface area contributed by atoms with Gasteiger partial charge in [-0.25, -0.2) is 10.1 Å². The summed E-state index contributed by atoms with van der Waals surface area (Å²) in [5.41, 5.74) is -0.667. The van der Waals surface area contributed by atoms with Crippen molar-refractivity contribution < 1.29 is 21.6 Å². The molecule has 3 N–H and O–H groups in total. The summed E-state index contributed by atoms with van der Waals surface area (Å²) in [4.78, 5) is 3.70. The van der Waals surface area contributed by atoms with Crippen LogP contribution in [-0.4, -0.2) is 37.3 Å². The highest BCUT2D eigenvalue weighted by atomic mass is 35.5. The second-order valence-corrected chi connectivity index (χ2v) is 10.1. The highest BCUT2D eigenvalue weighted by Gasteiger charge is 2.48. The fraction of sp³-hybridized carbons (Fsp3) is 0.250. The lowest BCUT2D eigenvalue weighted by molar-refractivity contribution is -0.140. The predicted octanol–water partition coefficient (Wildman–Crippen LogP) is 4.43. The average molecular weight is 505 g/mol. The zero-order chi connectivity index (χ0) is 23.3. The number of hydrogen-bond acceptors (Lipinski definition) is 4. The second kappa shape index (κ2) is 8.03. The molecule has 1 aromatic heterocycles. The fourth-order valence-corrected chi connectivity index (χ4v) is 4.91. The summed E-state index contributed by atoms with van der Waals surface area (Å²) in [6, 6.07) is 12.2. The van der Waals surface area contributed by atoms with Gasteiger partial charge in [-0.2, -0.15) is 25.9 Å². The summed E-state index contributed by atoms with van der Waals surface area (Å²) in [6.07, 6.45) is -4.64. The molecule has 1 aliphatic heterocycles. The largest absolute Gasteiger partial charge is 0.433 e. The number of hydrogen-bond donors (Lipinski definition) is 2. The highest BCUT2D eigenvalue weighted by Crippen LogP contribution is 2.38. The van der Waals surface area contributed by atoms with Crippen molar-refractivity contribution in [2.75, 3.05) is 25.0 Å². The van der Waals surface area contributed by atoms with E-state index in [4.69, 9.17) is 28.3 Å². The van der Waals surface area contributed by atoms with E-state index in [9.17, 15) is 21.6 Å². The van der Waals surface area contributed by atoms with Crippen LogP contribution >= 0.6 is 23.2 Å². The van der Waals surface area contributed by atoms with Crippen LogP contribution in [-0.2, 0) is 21.8 Å². The van der Waals surface area contributed by atoms with Gasteiger partial charge in [-0.3, -0.25) is 0 Å². The van der Waals surface area contributed by atoms with Gasteiger partial charge in [0, 0.05) is 46.2 Å². The van der Waals surface area contributed by atoms with E-state index in [1.807, 2.05) is 0 Å². The van der Waals surface area contributed by atoms with Crippen molar-refractivity contribution in [2.45, 2.75) is 11.6 Å². The van der Waals surface area contributed by atoms with Crippen molar-refractivity contribution in [3.05, 3.63) is 69.8 Å². The van der Waals surface area contributed by atoms with E-state index in [2.05, 4.69) is 10.3 Å². The summed E-state index contributed by atoms with van der Waals surface area (Å²) < 4.78 is 64.8. The van der Waals surface area contributed by atoms with Crippen LogP contribution in [0.3, 0.4) is 0 Å². The van der Waals surface area contributed by atoms with E-state index < -0.39 is 27.5 Å². The lowest BCUT2D eigenvalue weighted by Gasteiger charge is -2.49. The van der Waals surface area contributed by atoms with Crippen molar-refractivity contribution in [3.63, 3.8) is 0 Å². The molecule has 1 aliphatic rings. The van der Waals surface area contributed by atoms with Crippen LogP contribution < -0.4 is 10.5 Å². The maximum atomic E-state index is 13.4. The van der Waals surface area contributed by atoms with Gasteiger partial charge in [-0.15, -0.1) is 0 Å². The van der Waals surface area contributed by atoms with E-state index in [0.717, 1.165) is 15.9 Å². The summed E-state index contributed by atoms with van der Waals surface area (Å²) in [7, 11) is -3.90. The fourth-order valence-electron chi connectivity index (χ4n) is 3.76. The molecule has 1 saturated heterocycles. The summed E-state index contributed by atoms with van der Waals surface area (Å²) in [5, 5.41) is 9.57. The second-order valence-electron chi connectivity index (χ2n) is 7.67. The molecule has 0 aliphatic carbocycles. The number of rotatable bonds is 5. The van der Waals surface area contributed by atoms with E-state index in [1.165, 1.54) is 18.2 Å². The molecule has 0 spiro atoms. The van der Waals surface area contributed by atoms with Gasteiger partial charge in [0.1, 0.15) is 5.69 Å². The Morgan fingerprint density at radius 3 is 2.28 bits per heavy atom. The molecule has 12 heteroatoms. The Morgan fingerprint density at radius 2 is 1.69 bits per heavy atom. The first-order chi connectivity index (χ1) is 14.9. The lowest BCUT2D eigenvalue weighted by Crippen LogP contribution is -2.65. The first-order valence-electron chi connectivity index (χ1n) is 9.33. The molecule has 2 heterocycles. The number of alkyl halides is 3. The van der Waals surface area contributed by atoms with Crippen LogP contribution in [0.2, 0.25) is 10.0 Å². The van der Waals surface area contributed by atoms with Gasteiger partial charge in [0.25, 0.3) is 10.2 Å². The van der Waals surface area contributed by atoms with Crippen LogP contribution in [0.1, 0.15) is 11.3 Å². The monoisotopic (exact) mass is 504 g/mol. The molecule has 0 atom stereocenters. The van der Waals surface area contributed by atoms with Gasteiger partial charge in [0.05, 0.1) is 5.52 Å². The molecule has 0 saturated carbocycles. The number of benzene rings is 2. The van der Waals surface area contributed by atoms with E-state index >= 15 is 0 Å². The third-order valence-electron chi connectivity index (χ3n) is 5.45. The molecule has 0 bridgehead atoms. The Morgan fingerprint density at radius 1 is 1.06 bits per heavy atom. The number of nitrogens with two attached hydrogens (primary N) is 1. The normalized spacial score (nSPS) is 16.7. The predicted molar refractivity (Wildman–Crippen MR) is 118 cm³/mol. The van der Waals surface area contributed by atoms with Gasteiger partial charge in [-0.1, -0.05) is 35.3 Å². The number of nitrogens with zero attached hydrogens (tertiary/aromatic N) is 2. The first-order valence-corrected chi connectivity index (χ1v) is 11.6. The maximum absolute atomic E-state index is 13.4. The molecule has 170 valence electrons. The van der Waals surface area contributed by atoms with Crippen LogP contribution in [0.25, 0.3) is 10.9 Å². The zero-order valence-corrected chi connectivity index (χ0v) is 18.7. The Kier molecular flexibility index (Phi) is 5.79. The third kappa shape index (κ3) is 4.51. The van der Waals surface area contributed by atoms with Crippen LogP contribution in [0, 0.1) is 0 Å². The molecule has 0 amide bonds. The first kappa shape index (κ1) is 23.1. The minimum atomic E-state index is -4.64. The Balaban J connectivity index is 1.72. The molecule has 32 heavy (non-hydrogen) atoms. The van der Waals surface area contributed by atoms with Crippen LogP contribution in [0.15, 0.2) is 48.5 Å². The van der Waals surface area contributed by atoms with Crippen molar-refractivity contribution in [1.29, 1.82) is 0 Å². The van der Waals surface area contributed by atoms with Gasteiger partial charge >= 0.3 is 6.18 Å².